The summed E-state index contributed by atoms with van der Waals surface area (Å²) in [5, 5.41) is 3.03. The van der Waals surface area contributed by atoms with Crippen LogP contribution in [0, 0.1) is 0 Å². The summed E-state index contributed by atoms with van der Waals surface area (Å²) in [5.74, 6) is 0.393. The van der Waals surface area contributed by atoms with Crippen molar-refractivity contribution in [1.82, 2.24) is 0 Å². The fourth-order valence-corrected chi connectivity index (χ4v) is 2.74. The average Bonchev–Trinajstić information content (AvgIpc) is 3.16. The Labute approximate surface area is 166 Å². The Morgan fingerprint density at radius 2 is 2.07 bits per heavy atom. The molecule has 0 bridgehead atoms. The number of hydrogen-bond acceptors (Lipinski definition) is 6. The van der Waals surface area contributed by atoms with Gasteiger partial charge in [-0.15, -0.1) is 0 Å². The topological polar surface area (TPSA) is 83.1 Å². The van der Waals surface area contributed by atoms with Crippen molar-refractivity contribution in [2.45, 2.75) is 6.92 Å². The molecule has 7 nitrogen and oxygen atoms in total. The lowest BCUT2D eigenvalue weighted by Gasteiger charge is -2.11. The van der Waals surface area contributed by atoms with E-state index >= 15 is 0 Å². The molecule has 8 heteroatoms. The first-order valence-electron chi connectivity index (χ1n) is 8.52. The lowest BCUT2D eigenvalue weighted by molar-refractivity contribution is -0.142. The molecule has 1 aliphatic rings. The van der Waals surface area contributed by atoms with Gasteiger partial charge in [0.05, 0.1) is 17.3 Å². The van der Waals surface area contributed by atoms with Gasteiger partial charge in [0, 0.05) is 6.08 Å². The van der Waals surface area contributed by atoms with Crippen molar-refractivity contribution in [3.63, 3.8) is 0 Å². The summed E-state index contributed by atoms with van der Waals surface area (Å²) in [4.78, 5) is 23.9. The highest BCUT2D eigenvalue weighted by Gasteiger charge is 2.17. The van der Waals surface area contributed by atoms with E-state index in [1.807, 2.05) is 6.92 Å². The van der Waals surface area contributed by atoms with E-state index in [-0.39, 0.29) is 6.79 Å². The van der Waals surface area contributed by atoms with E-state index in [0.29, 0.717) is 40.1 Å². The van der Waals surface area contributed by atoms with Gasteiger partial charge in [-0.3, -0.25) is 4.79 Å². The Morgan fingerprint density at radius 3 is 2.89 bits per heavy atom. The fourth-order valence-electron chi connectivity index (χ4n) is 2.47. The molecule has 1 heterocycles. The second-order valence-electron chi connectivity index (χ2n) is 5.65. The highest BCUT2D eigenvalue weighted by molar-refractivity contribution is 6.32. The van der Waals surface area contributed by atoms with E-state index in [1.54, 1.807) is 36.4 Å². The molecule has 0 fully saturated rings. The summed E-state index contributed by atoms with van der Waals surface area (Å²) in [6.07, 6.45) is 2.72. The average molecular weight is 404 g/mol. The zero-order valence-corrected chi connectivity index (χ0v) is 15.8. The van der Waals surface area contributed by atoms with Gasteiger partial charge in [-0.2, -0.15) is 0 Å². The lowest BCUT2D eigenvalue weighted by Crippen LogP contribution is -2.20. The number of anilines is 1. The van der Waals surface area contributed by atoms with Crippen LogP contribution in [0.4, 0.5) is 5.69 Å². The summed E-state index contributed by atoms with van der Waals surface area (Å²) >= 11 is 6.09. The van der Waals surface area contributed by atoms with Gasteiger partial charge in [0.25, 0.3) is 5.91 Å². The van der Waals surface area contributed by atoms with Gasteiger partial charge in [0.1, 0.15) is 5.75 Å². The molecule has 0 saturated heterocycles. The summed E-state index contributed by atoms with van der Waals surface area (Å²) < 4.78 is 20.9. The highest BCUT2D eigenvalue weighted by atomic mass is 35.5. The van der Waals surface area contributed by atoms with Gasteiger partial charge in [-0.25, -0.2) is 4.79 Å². The first-order valence-corrected chi connectivity index (χ1v) is 8.90. The molecule has 2 aromatic carbocycles. The molecule has 2 aromatic rings. The minimum absolute atomic E-state index is 0.103. The molecule has 0 aliphatic carbocycles. The number of esters is 1. The Kier molecular flexibility index (Phi) is 6.39. The predicted molar refractivity (Wildman–Crippen MR) is 104 cm³/mol. The van der Waals surface area contributed by atoms with Crippen LogP contribution in [-0.4, -0.2) is 31.9 Å². The van der Waals surface area contributed by atoms with Crippen LogP contribution >= 0.6 is 11.6 Å². The molecule has 0 spiro atoms. The Bertz CT molecular complexity index is 912. The first-order chi connectivity index (χ1) is 13.6. The van der Waals surface area contributed by atoms with E-state index < -0.39 is 18.5 Å². The molecule has 0 saturated carbocycles. The van der Waals surface area contributed by atoms with Gasteiger partial charge >= 0.3 is 5.97 Å². The quantitative estimate of drug-likeness (QED) is 0.561. The van der Waals surface area contributed by atoms with Crippen molar-refractivity contribution < 1.29 is 28.5 Å². The molecule has 1 N–H and O–H groups in total. The minimum Gasteiger partial charge on any atom is -0.492 e. The van der Waals surface area contributed by atoms with Crippen LogP contribution in [0.15, 0.2) is 42.5 Å². The van der Waals surface area contributed by atoms with Crippen molar-refractivity contribution in [3.8, 4) is 17.2 Å². The summed E-state index contributed by atoms with van der Waals surface area (Å²) in [7, 11) is 0. The SMILES string of the molecule is CCOc1ccccc1NC(=O)COC(=O)/C=C/c1cc(Cl)c2c(c1)OCO2. The maximum atomic E-state index is 12.0. The third kappa shape index (κ3) is 4.95. The zero-order valence-electron chi connectivity index (χ0n) is 15.1. The van der Waals surface area contributed by atoms with Gasteiger partial charge in [0.2, 0.25) is 6.79 Å². The number of rotatable bonds is 7. The van der Waals surface area contributed by atoms with Gasteiger partial charge in [0.15, 0.2) is 18.1 Å². The number of fused-ring (bicyclic) bond motifs is 1. The highest BCUT2D eigenvalue weighted by Crippen LogP contribution is 2.40. The van der Waals surface area contributed by atoms with Crippen molar-refractivity contribution in [2.24, 2.45) is 0 Å². The summed E-state index contributed by atoms with van der Waals surface area (Å²) in [5.41, 5.74) is 1.15. The summed E-state index contributed by atoms with van der Waals surface area (Å²) in [6, 6.07) is 10.3. The number of carbonyl (C=O) groups excluding carboxylic acids is 2. The van der Waals surface area contributed by atoms with E-state index in [1.165, 1.54) is 12.2 Å². The molecule has 3 rings (SSSR count). The van der Waals surface area contributed by atoms with Crippen LogP contribution in [0.25, 0.3) is 6.08 Å². The summed E-state index contributed by atoms with van der Waals surface area (Å²) in [6.45, 7) is 1.99. The van der Waals surface area contributed by atoms with Gasteiger partial charge in [-0.1, -0.05) is 23.7 Å². The predicted octanol–water partition coefficient (Wildman–Crippen LogP) is 3.66. The van der Waals surface area contributed by atoms with Crippen LogP contribution < -0.4 is 19.5 Å². The largest absolute Gasteiger partial charge is 0.492 e. The molecule has 1 amide bonds. The van der Waals surface area contributed by atoms with Crippen molar-refractivity contribution in [1.29, 1.82) is 0 Å². The van der Waals surface area contributed by atoms with Crippen LogP contribution in [-0.2, 0) is 14.3 Å². The number of carbonyl (C=O) groups is 2. The molecule has 0 atom stereocenters. The van der Waals surface area contributed by atoms with Crippen LogP contribution in [0.3, 0.4) is 0 Å². The van der Waals surface area contributed by atoms with E-state index in [4.69, 9.17) is 30.5 Å². The van der Waals surface area contributed by atoms with Crippen molar-refractivity contribution in [3.05, 3.63) is 53.1 Å². The first kappa shape index (κ1) is 19.6. The number of amides is 1. The molecule has 0 radical (unpaired) electrons. The molecular formula is C20H18ClNO6. The molecule has 0 unspecified atom stereocenters. The van der Waals surface area contributed by atoms with E-state index in [0.717, 1.165) is 0 Å². The van der Waals surface area contributed by atoms with Crippen molar-refractivity contribution >= 4 is 35.2 Å². The Morgan fingerprint density at radius 1 is 1.25 bits per heavy atom. The van der Waals surface area contributed by atoms with Gasteiger partial charge < -0.3 is 24.3 Å². The number of para-hydroxylation sites is 2. The fraction of sp³-hybridized carbons (Fsp3) is 0.200. The second kappa shape index (κ2) is 9.14. The molecule has 0 aromatic heterocycles. The monoisotopic (exact) mass is 403 g/mol. The maximum absolute atomic E-state index is 12.0. The normalized spacial score (nSPS) is 12.1. The molecule has 28 heavy (non-hydrogen) atoms. The van der Waals surface area contributed by atoms with Crippen LogP contribution in [0.2, 0.25) is 5.02 Å². The van der Waals surface area contributed by atoms with Crippen molar-refractivity contribution in [2.75, 3.05) is 25.3 Å². The Hall–Kier alpha value is -3.19. The maximum Gasteiger partial charge on any atom is 0.331 e. The number of hydrogen-bond donors (Lipinski definition) is 1. The number of ether oxygens (including phenoxy) is 4. The minimum atomic E-state index is -0.665. The lowest BCUT2D eigenvalue weighted by atomic mass is 10.2. The van der Waals surface area contributed by atoms with Crippen LogP contribution in [0.5, 0.6) is 17.2 Å². The van der Waals surface area contributed by atoms with E-state index in [9.17, 15) is 9.59 Å². The van der Waals surface area contributed by atoms with E-state index in [2.05, 4.69) is 5.32 Å². The molecule has 1 aliphatic heterocycles. The van der Waals surface area contributed by atoms with Crippen LogP contribution in [0.1, 0.15) is 12.5 Å². The standard InChI is InChI=1S/C20H18ClNO6/c1-2-25-16-6-4-3-5-15(16)22-18(23)11-26-19(24)8-7-13-9-14(21)20-17(10-13)27-12-28-20/h3-10H,2,11-12H2,1H3,(H,22,23)/b8-7+. The third-order valence-electron chi connectivity index (χ3n) is 3.67. The third-order valence-corrected chi connectivity index (χ3v) is 3.95. The van der Waals surface area contributed by atoms with Gasteiger partial charge in [-0.05, 0) is 42.8 Å². The molecule has 146 valence electrons. The zero-order chi connectivity index (χ0) is 19.9. The number of halogens is 1. The Balaban J connectivity index is 1.52. The number of nitrogens with one attached hydrogen (secondary N) is 1. The molecular weight excluding hydrogens is 386 g/mol. The smallest absolute Gasteiger partial charge is 0.331 e. The second-order valence-corrected chi connectivity index (χ2v) is 6.06. The number of benzene rings is 2.